The maximum Gasteiger partial charge on any atom is 0.0914 e. The number of hydrogen-bond donors (Lipinski definition) is 2. The molecule has 3 nitrogen and oxygen atoms in total. The maximum atomic E-state index is 10.0. The molecular weight excluding hydrogens is 224 g/mol. The van der Waals surface area contributed by atoms with E-state index in [1.807, 2.05) is 30.3 Å². The molecule has 0 bridgehead atoms. The van der Waals surface area contributed by atoms with Gasteiger partial charge in [0.25, 0.3) is 0 Å². The highest BCUT2D eigenvalue weighted by Crippen LogP contribution is 2.15. The molecule has 2 N–H and O–H groups in total. The van der Waals surface area contributed by atoms with Gasteiger partial charge < -0.3 is 15.3 Å². The predicted octanol–water partition coefficient (Wildman–Crippen LogP) is 1.79. The SMILES string of the molecule is CN1CCCCC1CNCC(O)c1ccccc1. The summed E-state index contributed by atoms with van der Waals surface area (Å²) in [5.41, 5.74) is 0.988. The summed E-state index contributed by atoms with van der Waals surface area (Å²) in [5, 5.41) is 13.4. The number of piperidine rings is 1. The first-order chi connectivity index (χ1) is 8.77. The van der Waals surface area contributed by atoms with Gasteiger partial charge in [0.05, 0.1) is 6.10 Å². The Balaban J connectivity index is 1.71. The molecule has 0 spiro atoms. The van der Waals surface area contributed by atoms with Gasteiger partial charge in [-0.1, -0.05) is 36.8 Å². The fourth-order valence-corrected chi connectivity index (χ4v) is 2.58. The molecule has 2 atom stereocenters. The summed E-state index contributed by atoms with van der Waals surface area (Å²) in [6.45, 7) is 2.81. The van der Waals surface area contributed by atoms with Crippen LogP contribution in [0.3, 0.4) is 0 Å². The summed E-state index contributed by atoms with van der Waals surface area (Å²) < 4.78 is 0. The first-order valence-electron chi connectivity index (χ1n) is 6.91. The first kappa shape index (κ1) is 13.5. The molecule has 1 fully saturated rings. The van der Waals surface area contributed by atoms with Crippen molar-refractivity contribution in [1.82, 2.24) is 10.2 Å². The summed E-state index contributed by atoms with van der Waals surface area (Å²) >= 11 is 0. The summed E-state index contributed by atoms with van der Waals surface area (Å²) in [5.74, 6) is 0. The van der Waals surface area contributed by atoms with E-state index in [-0.39, 0.29) is 0 Å². The quantitative estimate of drug-likeness (QED) is 0.834. The van der Waals surface area contributed by atoms with E-state index in [2.05, 4.69) is 17.3 Å². The van der Waals surface area contributed by atoms with Crippen LogP contribution >= 0.6 is 0 Å². The van der Waals surface area contributed by atoms with E-state index in [4.69, 9.17) is 0 Å². The zero-order valence-electron chi connectivity index (χ0n) is 11.2. The summed E-state index contributed by atoms with van der Waals surface area (Å²) in [4.78, 5) is 2.42. The van der Waals surface area contributed by atoms with Gasteiger partial charge in [-0.3, -0.25) is 0 Å². The highest BCUT2D eigenvalue weighted by atomic mass is 16.3. The van der Waals surface area contributed by atoms with Gasteiger partial charge in [-0.2, -0.15) is 0 Å². The molecule has 3 heteroatoms. The number of rotatable bonds is 5. The largest absolute Gasteiger partial charge is 0.387 e. The van der Waals surface area contributed by atoms with Crippen molar-refractivity contribution in [3.63, 3.8) is 0 Å². The second kappa shape index (κ2) is 6.88. The number of nitrogens with one attached hydrogen (secondary N) is 1. The second-order valence-corrected chi connectivity index (χ2v) is 5.21. The minimum Gasteiger partial charge on any atom is -0.387 e. The smallest absolute Gasteiger partial charge is 0.0914 e. The van der Waals surface area contributed by atoms with E-state index < -0.39 is 6.10 Å². The number of likely N-dealkylation sites (N-methyl/N-ethyl adjacent to an activating group) is 1. The Kier molecular flexibility index (Phi) is 5.17. The van der Waals surface area contributed by atoms with Gasteiger partial charge in [0.2, 0.25) is 0 Å². The van der Waals surface area contributed by atoms with Gasteiger partial charge in [-0.05, 0) is 32.0 Å². The third-order valence-corrected chi connectivity index (χ3v) is 3.82. The number of aliphatic hydroxyl groups excluding tert-OH is 1. The number of aliphatic hydroxyl groups is 1. The Morgan fingerprint density at radius 2 is 2.11 bits per heavy atom. The van der Waals surface area contributed by atoms with Gasteiger partial charge in [0, 0.05) is 19.1 Å². The van der Waals surface area contributed by atoms with Crippen LogP contribution in [-0.2, 0) is 0 Å². The molecule has 1 aliphatic heterocycles. The van der Waals surface area contributed by atoms with Crippen LogP contribution in [0, 0.1) is 0 Å². The van der Waals surface area contributed by atoms with Crippen LogP contribution in [0.5, 0.6) is 0 Å². The topological polar surface area (TPSA) is 35.5 Å². The molecule has 0 saturated carbocycles. The standard InChI is InChI=1S/C15H24N2O/c1-17-10-6-5-9-14(17)11-16-12-15(18)13-7-3-2-4-8-13/h2-4,7-8,14-16,18H,5-6,9-12H2,1H3. The van der Waals surface area contributed by atoms with E-state index in [0.29, 0.717) is 12.6 Å². The highest BCUT2D eigenvalue weighted by molar-refractivity contribution is 5.17. The fraction of sp³-hybridized carbons (Fsp3) is 0.600. The van der Waals surface area contributed by atoms with Crippen LogP contribution in [0.25, 0.3) is 0 Å². The monoisotopic (exact) mass is 248 g/mol. The van der Waals surface area contributed by atoms with Gasteiger partial charge in [0.1, 0.15) is 0 Å². The van der Waals surface area contributed by atoms with Crippen LogP contribution in [0.1, 0.15) is 30.9 Å². The normalized spacial score (nSPS) is 22.9. The van der Waals surface area contributed by atoms with Crippen LogP contribution in [0.4, 0.5) is 0 Å². The molecule has 1 aromatic carbocycles. The average molecular weight is 248 g/mol. The van der Waals surface area contributed by atoms with Crippen molar-refractivity contribution in [2.24, 2.45) is 0 Å². The third kappa shape index (κ3) is 3.80. The molecule has 1 heterocycles. The van der Waals surface area contributed by atoms with Crippen LogP contribution in [0.2, 0.25) is 0 Å². The summed E-state index contributed by atoms with van der Waals surface area (Å²) in [6, 6.07) is 10.5. The maximum absolute atomic E-state index is 10.0. The molecule has 1 saturated heterocycles. The zero-order chi connectivity index (χ0) is 12.8. The second-order valence-electron chi connectivity index (χ2n) is 5.21. The molecule has 18 heavy (non-hydrogen) atoms. The van der Waals surface area contributed by atoms with Crippen LogP contribution in [-0.4, -0.2) is 42.7 Å². The number of hydrogen-bond acceptors (Lipinski definition) is 3. The Morgan fingerprint density at radius 3 is 2.83 bits per heavy atom. The lowest BCUT2D eigenvalue weighted by Gasteiger charge is -2.32. The van der Waals surface area contributed by atoms with E-state index >= 15 is 0 Å². The minimum absolute atomic E-state index is 0.403. The molecule has 1 aromatic rings. The Morgan fingerprint density at radius 1 is 1.33 bits per heavy atom. The lowest BCUT2D eigenvalue weighted by Crippen LogP contribution is -2.43. The Bertz CT molecular complexity index is 342. The summed E-state index contributed by atoms with van der Waals surface area (Å²) in [7, 11) is 2.19. The average Bonchev–Trinajstić information content (AvgIpc) is 2.42. The molecule has 0 radical (unpaired) electrons. The third-order valence-electron chi connectivity index (χ3n) is 3.82. The van der Waals surface area contributed by atoms with Gasteiger partial charge in [-0.15, -0.1) is 0 Å². The van der Waals surface area contributed by atoms with Crippen molar-refractivity contribution < 1.29 is 5.11 Å². The van der Waals surface area contributed by atoms with Crippen molar-refractivity contribution in [2.45, 2.75) is 31.4 Å². The van der Waals surface area contributed by atoms with Crippen LogP contribution in [0.15, 0.2) is 30.3 Å². The Labute approximate surface area is 110 Å². The summed E-state index contributed by atoms with van der Waals surface area (Å²) in [6.07, 6.45) is 3.52. The number of nitrogens with zero attached hydrogens (tertiary/aromatic N) is 1. The Hall–Kier alpha value is -0.900. The van der Waals surface area contributed by atoms with E-state index in [0.717, 1.165) is 12.1 Å². The highest BCUT2D eigenvalue weighted by Gasteiger charge is 2.18. The lowest BCUT2D eigenvalue weighted by atomic mass is 10.0. The molecule has 0 aliphatic carbocycles. The minimum atomic E-state index is -0.403. The van der Waals surface area contributed by atoms with E-state index in [9.17, 15) is 5.11 Å². The van der Waals surface area contributed by atoms with Gasteiger partial charge in [0.15, 0.2) is 0 Å². The predicted molar refractivity (Wildman–Crippen MR) is 74.5 cm³/mol. The molecule has 2 unspecified atom stereocenters. The molecule has 2 rings (SSSR count). The zero-order valence-corrected chi connectivity index (χ0v) is 11.2. The van der Waals surface area contributed by atoms with Crippen molar-refractivity contribution in [1.29, 1.82) is 0 Å². The first-order valence-corrected chi connectivity index (χ1v) is 6.91. The molecular formula is C15H24N2O. The van der Waals surface area contributed by atoms with E-state index in [1.54, 1.807) is 0 Å². The van der Waals surface area contributed by atoms with Crippen molar-refractivity contribution in [3.05, 3.63) is 35.9 Å². The fourth-order valence-electron chi connectivity index (χ4n) is 2.58. The molecule has 0 aromatic heterocycles. The van der Waals surface area contributed by atoms with Gasteiger partial charge >= 0.3 is 0 Å². The lowest BCUT2D eigenvalue weighted by molar-refractivity contribution is 0.153. The van der Waals surface area contributed by atoms with E-state index in [1.165, 1.54) is 25.8 Å². The van der Waals surface area contributed by atoms with Crippen molar-refractivity contribution >= 4 is 0 Å². The molecule has 0 amide bonds. The van der Waals surface area contributed by atoms with Crippen molar-refractivity contribution in [2.75, 3.05) is 26.7 Å². The van der Waals surface area contributed by atoms with Crippen molar-refractivity contribution in [3.8, 4) is 0 Å². The van der Waals surface area contributed by atoms with Crippen LogP contribution < -0.4 is 5.32 Å². The number of benzene rings is 1. The molecule has 1 aliphatic rings. The van der Waals surface area contributed by atoms with Gasteiger partial charge in [-0.25, -0.2) is 0 Å². The number of likely N-dealkylation sites (tertiary alicyclic amines) is 1. The molecule has 100 valence electrons.